The van der Waals surface area contributed by atoms with Crippen LogP contribution in [-0.2, 0) is 14.8 Å². The van der Waals surface area contributed by atoms with E-state index in [1.165, 1.54) is 60.5 Å². The van der Waals surface area contributed by atoms with Gasteiger partial charge in [-0.05, 0) is 61.0 Å². The van der Waals surface area contributed by atoms with Gasteiger partial charge in [0.15, 0.2) is 0 Å². The monoisotopic (exact) mass is 455 g/mol. The molecule has 3 aromatic carbocycles. The number of aryl methyl sites for hydroxylation is 1. The van der Waals surface area contributed by atoms with E-state index < -0.39 is 27.7 Å². The maximum Gasteiger partial charge on any atom is 0.261 e. The first-order valence-corrected chi connectivity index (χ1v) is 11.1. The zero-order valence-electron chi connectivity index (χ0n) is 17.5. The molecule has 0 aliphatic rings. The predicted octanol–water partition coefficient (Wildman–Crippen LogP) is 3.65. The van der Waals surface area contributed by atoms with Crippen LogP contribution in [0.1, 0.15) is 15.9 Å². The van der Waals surface area contributed by atoms with Gasteiger partial charge in [-0.3, -0.25) is 14.3 Å². The Morgan fingerprint density at radius 1 is 0.969 bits per heavy atom. The van der Waals surface area contributed by atoms with E-state index in [1.54, 1.807) is 25.1 Å². The lowest BCUT2D eigenvalue weighted by atomic mass is 10.2. The number of benzene rings is 3. The van der Waals surface area contributed by atoms with Crippen molar-refractivity contribution in [1.82, 2.24) is 4.90 Å². The smallest absolute Gasteiger partial charge is 0.261 e. The highest BCUT2D eigenvalue weighted by Crippen LogP contribution is 2.20. The summed E-state index contributed by atoms with van der Waals surface area (Å²) in [7, 11) is -2.38. The summed E-state index contributed by atoms with van der Waals surface area (Å²) in [6.07, 6.45) is 0. The topological polar surface area (TPSA) is 95.6 Å². The average Bonchev–Trinajstić information content (AvgIpc) is 2.74. The van der Waals surface area contributed by atoms with Crippen LogP contribution in [0, 0.1) is 12.7 Å². The Morgan fingerprint density at radius 2 is 1.66 bits per heavy atom. The van der Waals surface area contributed by atoms with Gasteiger partial charge in [-0.25, -0.2) is 12.8 Å². The van der Waals surface area contributed by atoms with E-state index in [1.807, 2.05) is 6.07 Å². The summed E-state index contributed by atoms with van der Waals surface area (Å²) in [5.74, 6) is -1.44. The number of amides is 2. The van der Waals surface area contributed by atoms with Gasteiger partial charge in [-0.1, -0.05) is 24.3 Å². The Morgan fingerprint density at radius 3 is 2.31 bits per heavy atom. The third-order valence-corrected chi connectivity index (χ3v) is 6.02. The molecule has 0 bridgehead atoms. The van der Waals surface area contributed by atoms with Crippen molar-refractivity contribution in [2.75, 3.05) is 23.6 Å². The number of para-hydroxylation sites is 1. The van der Waals surface area contributed by atoms with E-state index in [2.05, 4.69) is 10.0 Å². The van der Waals surface area contributed by atoms with E-state index in [0.717, 1.165) is 5.56 Å². The second kappa shape index (κ2) is 9.61. The first-order chi connectivity index (χ1) is 15.2. The quantitative estimate of drug-likeness (QED) is 0.569. The molecule has 0 radical (unpaired) electrons. The maximum absolute atomic E-state index is 13.2. The standard InChI is InChI=1S/C23H22FN3O4S/c1-16-6-3-4-9-21(16)26-32(30,31)20-12-10-17(11-13-20)23(29)27(2)15-22(28)25-19-8-5-7-18(24)14-19/h3-14,26H,15H2,1-2H3,(H,25,28). The third kappa shape index (κ3) is 5.70. The molecule has 0 saturated heterocycles. The predicted molar refractivity (Wildman–Crippen MR) is 120 cm³/mol. The molecule has 0 unspecified atom stereocenters. The normalized spacial score (nSPS) is 11.0. The van der Waals surface area contributed by atoms with Gasteiger partial charge in [-0.2, -0.15) is 0 Å². The minimum atomic E-state index is -3.83. The molecular formula is C23H22FN3O4S. The van der Waals surface area contributed by atoms with Gasteiger partial charge in [0.1, 0.15) is 5.82 Å². The lowest BCUT2D eigenvalue weighted by molar-refractivity contribution is -0.116. The highest BCUT2D eigenvalue weighted by molar-refractivity contribution is 7.92. The number of hydrogen-bond acceptors (Lipinski definition) is 4. The SMILES string of the molecule is Cc1ccccc1NS(=O)(=O)c1ccc(C(=O)N(C)CC(=O)Nc2cccc(F)c2)cc1. The van der Waals surface area contributed by atoms with Gasteiger partial charge in [-0.15, -0.1) is 0 Å². The van der Waals surface area contributed by atoms with Gasteiger partial charge in [0.25, 0.3) is 15.9 Å². The minimum Gasteiger partial charge on any atom is -0.332 e. The molecule has 0 heterocycles. The number of nitrogens with one attached hydrogen (secondary N) is 2. The number of anilines is 2. The lowest BCUT2D eigenvalue weighted by Crippen LogP contribution is -2.35. The number of carbonyl (C=O) groups excluding carboxylic acids is 2. The number of likely N-dealkylation sites (N-methyl/N-ethyl adjacent to an activating group) is 1. The Bertz CT molecular complexity index is 1240. The van der Waals surface area contributed by atoms with E-state index >= 15 is 0 Å². The number of sulfonamides is 1. The molecule has 0 aliphatic heterocycles. The van der Waals surface area contributed by atoms with Crippen LogP contribution >= 0.6 is 0 Å². The number of carbonyl (C=O) groups is 2. The zero-order valence-corrected chi connectivity index (χ0v) is 18.3. The van der Waals surface area contributed by atoms with Gasteiger partial charge >= 0.3 is 0 Å². The summed E-state index contributed by atoms with van der Waals surface area (Å²) in [4.78, 5) is 25.9. The van der Waals surface area contributed by atoms with Crippen LogP contribution < -0.4 is 10.0 Å². The fourth-order valence-electron chi connectivity index (χ4n) is 2.94. The van der Waals surface area contributed by atoms with E-state index in [-0.39, 0.29) is 22.7 Å². The Labute approximate surface area is 185 Å². The van der Waals surface area contributed by atoms with Crippen molar-refractivity contribution in [2.45, 2.75) is 11.8 Å². The van der Waals surface area contributed by atoms with Crippen molar-refractivity contribution in [3.8, 4) is 0 Å². The molecule has 3 rings (SSSR count). The summed E-state index contributed by atoms with van der Waals surface area (Å²) < 4.78 is 41.0. The van der Waals surface area contributed by atoms with Crippen LogP contribution in [0.4, 0.5) is 15.8 Å². The molecule has 0 spiro atoms. The molecule has 0 aliphatic carbocycles. The molecule has 32 heavy (non-hydrogen) atoms. The second-order valence-electron chi connectivity index (χ2n) is 7.16. The molecule has 7 nitrogen and oxygen atoms in total. The molecular weight excluding hydrogens is 433 g/mol. The van der Waals surface area contributed by atoms with Crippen molar-refractivity contribution in [2.24, 2.45) is 0 Å². The Kier molecular flexibility index (Phi) is 6.89. The Balaban J connectivity index is 1.65. The first kappa shape index (κ1) is 23.0. The molecule has 0 aromatic heterocycles. The molecule has 3 aromatic rings. The molecule has 0 saturated carbocycles. The van der Waals surface area contributed by atoms with Crippen molar-refractivity contribution >= 4 is 33.2 Å². The summed E-state index contributed by atoms with van der Waals surface area (Å²) >= 11 is 0. The van der Waals surface area contributed by atoms with Gasteiger partial charge in [0.2, 0.25) is 5.91 Å². The number of rotatable bonds is 7. The average molecular weight is 456 g/mol. The number of nitrogens with zero attached hydrogens (tertiary/aromatic N) is 1. The van der Waals surface area contributed by atoms with Crippen molar-refractivity contribution in [1.29, 1.82) is 0 Å². The maximum atomic E-state index is 13.2. The summed E-state index contributed by atoms with van der Waals surface area (Å²) in [6, 6.07) is 17.8. The fraction of sp³-hybridized carbons (Fsp3) is 0.130. The molecule has 166 valence electrons. The number of hydrogen-bond donors (Lipinski definition) is 2. The third-order valence-electron chi connectivity index (χ3n) is 4.64. The molecule has 0 fully saturated rings. The molecule has 9 heteroatoms. The number of halogens is 1. The summed E-state index contributed by atoms with van der Waals surface area (Å²) in [5.41, 5.74) is 1.75. The second-order valence-corrected chi connectivity index (χ2v) is 8.85. The van der Waals surface area contributed by atoms with E-state index in [0.29, 0.717) is 5.69 Å². The molecule has 2 amide bonds. The van der Waals surface area contributed by atoms with Gasteiger partial charge < -0.3 is 10.2 Å². The van der Waals surface area contributed by atoms with Crippen LogP contribution in [-0.4, -0.2) is 38.7 Å². The molecule has 2 N–H and O–H groups in total. The van der Waals surface area contributed by atoms with Crippen LogP contribution in [0.3, 0.4) is 0 Å². The highest BCUT2D eigenvalue weighted by Gasteiger charge is 2.18. The first-order valence-electron chi connectivity index (χ1n) is 9.65. The zero-order chi connectivity index (χ0) is 23.3. The van der Waals surface area contributed by atoms with Crippen LogP contribution in [0.5, 0.6) is 0 Å². The lowest BCUT2D eigenvalue weighted by Gasteiger charge is -2.17. The van der Waals surface area contributed by atoms with Crippen LogP contribution in [0.2, 0.25) is 0 Å². The van der Waals surface area contributed by atoms with Crippen molar-refractivity contribution in [3.63, 3.8) is 0 Å². The highest BCUT2D eigenvalue weighted by atomic mass is 32.2. The van der Waals surface area contributed by atoms with Gasteiger partial charge in [0.05, 0.1) is 17.1 Å². The summed E-state index contributed by atoms with van der Waals surface area (Å²) in [6.45, 7) is 1.53. The van der Waals surface area contributed by atoms with E-state index in [4.69, 9.17) is 0 Å². The summed E-state index contributed by atoms with van der Waals surface area (Å²) in [5, 5.41) is 2.52. The van der Waals surface area contributed by atoms with Crippen LogP contribution in [0.15, 0.2) is 77.7 Å². The van der Waals surface area contributed by atoms with Crippen molar-refractivity contribution in [3.05, 3.63) is 89.7 Å². The van der Waals surface area contributed by atoms with Crippen molar-refractivity contribution < 1.29 is 22.4 Å². The minimum absolute atomic E-state index is 0.00352. The van der Waals surface area contributed by atoms with E-state index in [9.17, 15) is 22.4 Å². The van der Waals surface area contributed by atoms with Gasteiger partial charge in [0, 0.05) is 18.3 Å². The van der Waals surface area contributed by atoms with Crippen LogP contribution in [0.25, 0.3) is 0 Å². The largest absolute Gasteiger partial charge is 0.332 e. The Hall–Kier alpha value is -3.72. The molecule has 0 atom stereocenters. The fourth-order valence-corrected chi connectivity index (χ4v) is 4.07.